The predicted octanol–water partition coefficient (Wildman–Crippen LogP) is -0.442. The number of carbonyl (C=O) groups is 1. The Balaban J connectivity index is 1.70. The Labute approximate surface area is 159 Å². The van der Waals surface area contributed by atoms with Crippen molar-refractivity contribution in [2.75, 3.05) is 17.2 Å². The van der Waals surface area contributed by atoms with Crippen LogP contribution in [0.1, 0.15) is 19.6 Å². The van der Waals surface area contributed by atoms with Crippen molar-refractivity contribution in [1.29, 1.82) is 0 Å². The Bertz CT molecular complexity index is 829. The SMILES string of the molecule is C[C@@]1(O)[C@@H](CSCC[C@H](N)C(=O)O)O[C@@H](n2ccc3c(N)ncnc32)[C@@H]1O. The minimum Gasteiger partial charge on any atom is -0.480 e. The third-order valence-electron chi connectivity index (χ3n) is 4.80. The molecular weight excluding hydrogens is 374 g/mol. The van der Waals surface area contributed by atoms with Crippen LogP contribution in [0.25, 0.3) is 11.0 Å². The molecule has 0 amide bonds. The number of aliphatic carboxylic acids is 1. The molecule has 27 heavy (non-hydrogen) atoms. The number of hydrogen-bond acceptors (Lipinski definition) is 9. The summed E-state index contributed by atoms with van der Waals surface area (Å²) in [4.78, 5) is 18.9. The van der Waals surface area contributed by atoms with Crippen molar-refractivity contribution in [3.63, 3.8) is 0 Å². The number of ether oxygens (including phenoxy) is 1. The van der Waals surface area contributed by atoms with Gasteiger partial charge in [-0.3, -0.25) is 4.79 Å². The van der Waals surface area contributed by atoms with Gasteiger partial charge in [0.25, 0.3) is 0 Å². The molecule has 0 spiro atoms. The van der Waals surface area contributed by atoms with E-state index in [1.807, 2.05) is 0 Å². The van der Waals surface area contributed by atoms with Gasteiger partial charge in [0.15, 0.2) is 6.23 Å². The first-order valence-corrected chi connectivity index (χ1v) is 9.58. The average molecular weight is 397 g/mol. The van der Waals surface area contributed by atoms with Crippen LogP contribution in [0, 0.1) is 0 Å². The van der Waals surface area contributed by atoms with Gasteiger partial charge in [-0.2, -0.15) is 11.8 Å². The minimum absolute atomic E-state index is 0.305. The topological polar surface area (TPSA) is 170 Å². The molecule has 0 aliphatic carbocycles. The van der Waals surface area contributed by atoms with Crippen molar-refractivity contribution < 1.29 is 24.9 Å². The van der Waals surface area contributed by atoms with E-state index in [0.29, 0.717) is 34.8 Å². The highest BCUT2D eigenvalue weighted by Crippen LogP contribution is 2.40. The lowest BCUT2D eigenvalue weighted by molar-refractivity contribution is -0.138. The van der Waals surface area contributed by atoms with E-state index >= 15 is 0 Å². The monoisotopic (exact) mass is 397 g/mol. The molecule has 2 aromatic heterocycles. The standard InChI is InChI=1S/C16H23N5O5S/c1-16(25)10(6-27-5-3-9(17)15(23)24)26-14(11(16)22)21-4-2-8-12(18)19-7-20-13(8)21/h2,4,7,9-11,14,22,25H,3,5-6,17H2,1H3,(H,23,24)(H2,18,19,20)/t9-,10+,11-,14+,16+/m0/s1. The van der Waals surface area contributed by atoms with Gasteiger partial charge < -0.3 is 36.1 Å². The second-order valence-corrected chi connectivity index (χ2v) is 7.86. The Kier molecular flexibility index (Phi) is 5.58. The molecule has 7 N–H and O–H groups in total. The molecule has 3 rings (SSSR count). The molecule has 0 aromatic carbocycles. The van der Waals surface area contributed by atoms with E-state index in [9.17, 15) is 15.0 Å². The number of aliphatic hydroxyl groups excluding tert-OH is 1. The Morgan fingerprint density at radius 1 is 1.52 bits per heavy atom. The number of thioether (sulfide) groups is 1. The van der Waals surface area contributed by atoms with Gasteiger partial charge in [0, 0.05) is 11.9 Å². The Morgan fingerprint density at radius 3 is 2.96 bits per heavy atom. The van der Waals surface area contributed by atoms with Crippen LogP contribution in [0.4, 0.5) is 5.82 Å². The van der Waals surface area contributed by atoms with E-state index in [1.54, 1.807) is 16.8 Å². The molecule has 0 unspecified atom stereocenters. The molecule has 11 heteroatoms. The number of hydrogen-bond donors (Lipinski definition) is 5. The van der Waals surface area contributed by atoms with Crippen molar-refractivity contribution in [2.24, 2.45) is 5.73 Å². The number of carboxylic acid groups (broad SMARTS) is 1. The lowest BCUT2D eigenvalue weighted by atomic mass is 9.95. The quantitative estimate of drug-likeness (QED) is 0.386. The molecule has 2 aromatic rings. The molecule has 148 valence electrons. The minimum atomic E-state index is -1.48. The summed E-state index contributed by atoms with van der Waals surface area (Å²) in [5, 5.41) is 30.8. The summed E-state index contributed by atoms with van der Waals surface area (Å²) >= 11 is 1.41. The molecule has 1 fully saturated rings. The van der Waals surface area contributed by atoms with Gasteiger partial charge in [-0.1, -0.05) is 0 Å². The summed E-state index contributed by atoms with van der Waals surface area (Å²) in [6.07, 6.45) is 0.641. The van der Waals surface area contributed by atoms with Crippen LogP contribution in [0.5, 0.6) is 0 Å². The fraction of sp³-hybridized carbons (Fsp3) is 0.562. The fourth-order valence-corrected chi connectivity index (χ4v) is 4.22. The molecule has 1 aliphatic heterocycles. The van der Waals surface area contributed by atoms with Crippen LogP contribution in [0.15, 0.2) is 18.6 Å². The summed E-state index contributed by atoms with van der Waals surface area (Å²) < 4.78 is 7.55. The number of aliphatic hydroxyl groups is 2. The second-order valence-electron chi connectivity index (χ2n) is 6.71. The van der Waals surface area contributed by atoms with Crippen molar-refractivity contribution in [3.8, 4) is 0 Å². The molecule has 0 saturated carbocycles. The number of fused-ring (bicyclic) bond motifs is 1. The first-order chi connectivity index (χ1) is 12.7. The molecule has 1 saturated heterocycles. The maximum atomic E-state index is 10.7. The lowest BCUT2D eigenvalue weighted by Gasteiger charge is -2.26. The molecule has 3 heterocycles. The van der Waals surface area contributed by atoms with Crippen molar-refractivity contribution in [1.82, 2.24) is 14.5 Å². The number of aromatic nitrogens is 3. The highest BCUT2D eigenvalue weighted by Gasteiger charge is 2.52. The van der Waals surface area contributed by atoms with Gasteiger partial charge in [0.2, 0.25) is 0 Å². The van der Waals surface area contributed by atoms with E-state index in [2.05, 4.69) is 9.97 Å². The predicted molar refractivity (Wildman–Crippen MR) is 100 cm³/mol. The first kappa shape index (κ1) is 19.8. The van der Waals surface area contributed by atoms with E-state index in [4.69, 9.17) is 21.3 Å². The number of nitrogens with two attached hydrogens (primary N) is 2. The van der Waals surface area contributed by atoms with E-state index in [-0.39, 0.29) is 0 Å². The molecule has 5 atom stereocenters. The lowest BCUT2D eigenvalue weighted by Crippen LogP contribution is -2.45. The van der Waals surface area contributed by atoms with Gasteiger partial charge in [-0.15, -0.1) is 0 Å². The van der Waals surface area contributed by atoms with Gasteiger partial charge in [0.1, 0.15) is 41.6 Å². The summed E-state index contributed by atoms with van der Waals surface area (Å²) in [6.45, 7) is 1.51. The molecular formula is C16H23N5O5S. The zero-order valence-electron chi connectivity index (χ0n) is 14.7. The highest BCUT2D eigenvalue weighted by atomic mass is 32.2. The summed E-state index contributed by atoms with van der Waals surface area (Å²) in [5.41, 5.74) is 10.3. The second kappa shape index (κ2) is 7.60. The number of nitrogen functional groups attached to an aromatic ring is 1. The van der Waals surface area contributed by atoms with Crippen LogP contribution in [0.2, 0.25) is 0 Å². The first-order valence-electron chi connectivity index (χ1n) is 8.42. The summed E-state index contributed by atoms with van der Waals surface area (Å²) in [5.74, 6) is 0.152. The zero-order chi connectivity index (χ0) is 19.8. The summed E-state index contributed by atoms with van der Waals surface area (Å²) in [6, 6.07) is 0.808. The van der Waals surface area contributed by atoms with Gasteiger partial charge >= 0.3 is 5.97 Å². The smallest absolute Gasteiger partial charge is 0.320 e. The number of carboxylic acids is 1. The van der Waals surface area contributed by atoms with Crippen LogP contribution >= 0.6 is 11.8 Å². The zero-order valence-corrected chi connectivity index (χ0v) is 15.5. The van der Waals surface area contributed by atoms with Gasteiger partial charge in [-0.05, 0) is 25.2 Å². The van der Waals surface area contributed by atoms with E-state index in [0.717, 1.165) is 0 Å². The Hall–Kier alpha value is -1.92. The van der Waals surface area contributed by atoms with Gasteiger partial charge in [0.05, 0.1) is 5.39 Å². The molecule has 0 radical (unpaired) electrons. The normalized spacial score (nSPS) is 29.3. The maximum absolute atomic E-state index is 10.7. The Morgan fingerprint density at radius 2 is 2.26 bits per heavy atom. The maximum Gasteiger partial charge on any atom is 0.320 e. The van der Waals surface area contributed by atoms with Crippen molar-refractivity contribution in [3.05, 3.63) is 18.6 Å². The van der Waals surface area contributed by atoms with E-state index < -0.39 is 36.0 Å². The van der Waals surface area contributed by atoms with E-state index in [1.165, 1.54) is 25.0 Å². The molecule has 10 nitrogen and oxygen atoms in total. The number of anilines is 1. The fourth-order valence-electron chi connectivity index (χ4n) is 3.01. The molecule has 1 aliphatic rings. The average Bonchev–Trinajstić information content (AvgIpc) is 3.13. The van der Waals surface area contributed by atoms with Crippen LogP contribution in [0.3, 0.4) is 0 Å². The summed E-state index contributed by atoms with van der Waals surface area (Å²) in [7, 11) is 0. The van der Waals surface area contributed by atoms with Crippen molar-refractivity contribution in [2.45, 2.75) is 43.4 Å². The number of nitrogens with zero attached hydrogens (tertiary/aromatic N) is 3. The van der Waals surface area contributed by atoms with Crippen LogP contribution < -0.4 is 11.5 Å². The van der Waals surface area contributed by atoms with Crippen LogP contribution in [-0.2, 0) is 9.53 Å². The largest absolute Gasteiger partial charge is 0.480 e. The van der Waals surface area contributed by atoms with Crippen LogP contribution in [-0.4, -0.2) is 71.2 Å². The van der Waals surface area contributed by atoms with Crippen molar-refractivity contribution >= 4 is 34.6 Å². The van der Waals surface area contributed by atoms with Gasteiger partial charge in [-0.25, -0.2) is 9.97 Å². The highest BCUT2D eigenvalue weighted by molar-refractivity contribution is 7.99. The third-order valence-corrected chi connectivity index (χ3v) is 5.86. The molecule has 0 bridgehead atoms. The third kappa shape index (κ3) is 3.73. The number of rotatable bonds is 7.